The van der Waals surface area contributed by atoms with Crippen LogP contribution in [0.5, 0.6) is 17.2 Å². The number of hydrogen-bond donors (Lipinski definition) is 1. The molecule has 17 nitrogen and oxygen atoms in total. The van der Waals surface area contributed by atoms with Gasteiger partial charge in [0.2, 0.25) is 5.91 Å². The predicted molar refractivity (Wildman–Crippen MR) is 349 cm³/mol. The van der Waals surface area contributed by atoms with E-state index in [0.717, 1.165) is 66.1 Å². The molecular formula is C68H105NO16Si3. The van der Waals surface area contributed by atoms with Crippen LogP contribution in [-0.4, -0.2) is 145 Å². The van der Waals surface area contributed by atoms with Gasteiger partial charge in [-0.25, -0.2) is 0 Å². The van der Waals surface area contributed by atoms with E-state index >= 15 is 0 Å². The number of unbranched alkanes of at least 4 members (excludes halogenated alkanes) is 5. The predicted octanol–water partition coefficient (Wildman–Crippen LogP) is 13.7. The molecule has 4 aromatic rings. The van der Waals surface area contributed by atoms with E-state index in [1.54, 1.807) is 0 Å². The van der Waals surface area contributed by atoms with Crippen molar-refractivity contribution in [2.24, 2.45) is 0 Å². The molecule has 11 atom stereocenters. The fourth-order valence-corrected chi connectivity index (χ4v) is 12.5. The Balaban J connectivity index is 1.19. The molecule has 0 aliphatic carbocycles. The largest absolute Gasteiger partial charge is 0.468 e. The summed E-state index contributed by atoms with van der Waals surface area (Å²) in [6, 6.07) is 35.5. The highest BCUT2D eigenvalue weighted by molar-refractivity contribution is 6.76. The van der Waals surface area contributed by atoms with Crippen LogP contribution in [-0.2, 0) is 81.5 Å². The first-order valence-electron chi connectivity index (χ1n) is 32.1. The molecule has 0 bridgehead atoms. The fraction of sp³-hybridized carbons (Fsp3) is 0.632. The number of carbonyl (C=O) groups excluding carboxylic acids is 1. The Labute approximate surface area is 528 Å². The number of rotatable bonds is 39. The molecule has 88 heavy (non-hydrogen) atoms. The van der Waals surface area contributed by atoms with Gasteiger partial charge in [0.25, 0.3) is 0 Å². The molecule has 7 rings (SSSR count). The molecule has 4 aromatic carbocycles. The Kier molecular flexibility index (Phi) is 29.4. The summed E-state index contributed by atoms with van der Waals surface area (Å²) in [7, 11) is -3.72. The molecule has 3 saturated heterocycles. The number of fused-ring (bicyclic) bond motifs is 1. The van der Waals surface area contributed by atoms with E-state index in [1.807, 2.05) is 110 Å². The maximum absolute atomic E-state index is 13.4. The van der Waals surface area contributed by atoms with E-state index in [1.165, 1.54) is 19.8 Å². The lowest BCUT2D eigenvalue weighted by Gasteiger charge is -2.52. The molecular weight excluding hydrogens is 1170 g/mol. The monoisotopic (exact) mass is 1280 g/mol. The normalized spacial score (nSPS) is 24.2. The second-order valence-electron chi connectivity index (χ2n) is 27.1. The Morgan fingerprint density at radius 2 is 0.977 bits per heavy atom. The van der Waals surface area contributed by atoms with E-state index < -0.39 is 91.9 Å². The maximum atomic E-state index is 13.4. The SMILES string of the molecule is CCCCCCCCO[C@@H]1O[C@@H]2CO[C@@H](c3ccccc3)O[C@H]2[C@H](O[C@@H]2O[C@@H](C)[C@@H](OCc3ccc(OCOCC[Si](C)(C)C)cc3)[C@@H](OCc3ccc(OCOCC[Si](C)(C)C)cc3)[C@@H]2OCc2ccc(OCOCC[Si](C)(C)C)cc2)[C@H]1NC(C)=O. The summed E-state index contributed by atoms with van der Waals surface area (Å²) in [5.41, 5.74) is 3.51. The van der Waals surface area contributed by atoms with Gasteiger partial charge in [-0.15, -0.1) is 0 Å². The summed E-state index contributed by atoms with van der Waals surface area (Å²) in [4.78, 5) is 13.4. The van der Waals surface area contributed by atoms with E-state index in [-0.39, 0.29) is 52.7 Å². The minimum Gasteiger partial charge on any atom is -0.468 e. The lowest BCUT2D eigenvalue weighted by Crippen LogP contribution is -2.69. The third-order valence-electron chi connectivity index (χ3n) is 15.6. The summed E-state index contributed by atoms with van der Waals surface area (Å²) in [6.45, 7) is 30.2. The van der Waals surface area contributed by atoms with Crippen molar-refractivity contribution in [1.82, 2.24) is 5.32 Å². The average Bonchev–Trinajstić information content (AvgIpc) is 1.47. The summed E-state index contributed by atoms with van der Waals surface area (Å²) in [6.07, 6.45) is -1.63. The molecule has 3 aliphatic heterocycles. The quantitative estimate of drug-likeness (QED) is 0.0254. The average molecular weight is 1280 g/mol. The van der Waals surface area contributed by atoms with Crippen LogP contribution < -0.4 is 19.5 Å². The molecule has 0 aromatic heterocycles. The number of carbonyl (C=O) groups is 1. The highest BCUT2D eigenvalue weighted by Crippen LogP contribution is 2.39. The van der Waals surface area contributed by atoms with E-state index in [0.29, 0.717) is 43.7 Å². The molecule has 3 aliphatic rings. The highest BCUT2D eigenvalue weighted by Gasteiger charge is 2.55. The van der Waals surface area contributed by atoms with Gasteiger partial charge in [-0.05, 0) is 84.6 Å². The Morgan fingerprint density at radius 1 is 0.511 bits per heavy atom. The van der Waals surface area contributed by atoms with Crippen LogP contribution >= 0.6 is 0 Å². The Bertz CT molecular complexity index is 2570. The second kappa shape index (κ2) is 36.2. The molecule has 1 N–H and O–H groups in total. The number of nitrogens with one attached hydrogen (secondary N) is 1. The van der Waals surface area contributed by atoms with Crippen molar-refractivity contribution >= 4 is 30.1 Å². The van der Waals surface area contributed by atoms with Crippen molar-refractivity contribution < 1.29 is 75.8 Å². The van der Waals surface area contributed by atoms with Gasteiger partial charge in [0.1, 0.15) is 59.9 Å². The molecule has 20 heteroatoms. The first kappa shape index (κ1) is 71.4. The van der Waals surface area contributed by atoms with Crippen LogP contribution in [0, 0.1) is 0 Å². The van der Waals surface area contributed by atoms with Crippen molar-refractivity contribution in [2.75, 3.05) is 53.4 Å². The molecule has 1 amide bonds. The second-order valence-corrected chi connectivity index (χ2v) is 44.0. The fourth-order valence-electron chi connectivity index (χ4n) is 10.2. The lowest BCUT2D eigenvalue weighted by molar-refractivity contribution is -0.382. The van der Waals surface area contributed by atoms with Crippen LogP contribution in [0.15, 0.2) is 103 Å². The zero-order chi connectivity index (χ0) is 62.9. The molecule has 0 spiro atoms. The molecule has 3 heterocycles. The summed E-state index contributed by atoms with van der Waals surface area (Å²) >= 11 is 0. The van der Waals surface area contributed by atoms with Crippen molar-refractivity contribution in [3.63, 3.8) is 0 Å². The van der Waals surface area contributed by atoms with Gasteiger partial charge < -0.3 is 76.4 Å². The maximum Gasteiger partial charge on any atom is 0.217 e. The third-order valence-corrected chi connectivity index (χ3v) is 20.7. The van der Waals surface area contributed by atoms with Gasteiger partial charge in [0.15, 0.2) is 39.2 Å². The van der Waals surface area contributed by atoms with Crippen LogP contribution in [0.3, 0.4) is 0 Å². The van der Waals surface area contributed by atoms with E-state index in [2.05, 4.69) is 71.2 Å². The third kappa shape index (κ3) is 25.2. The minimum atomic E-state index is -1.25. The minimum absolute atomic E-state index is 0.135. The standard InChI is InChI=1S/C68H105NO16Si3/c1-13-14-15-16-17-21-36-74-67-60(69-51(3)70)63(62-59(83-67)46-78-66(84-62)55-22-19-18-20-23-55)85-68-65(77-45-54-28-34-58(35-29-54)81-49-73-39-42-88(10,11)12)64(76-44-53-26-32-57(33-27-53)80-48-72-38-41-87(7,8)9)61(50(2)82-68)75-43-52-24-30-56(31-25-52)79-47-71-37-40-86(4,5)6/h18-20,22-35,50,59-68H,13-17,21,36-49H2,1-12H3,(H,69,70)/t50-,59+,60+,61+,62+,63+,64+,65-,66+,67+,68-/m0/s1. The number of amides is 1. The van der Waals surface area contributed by atoms with Crippen molar-refractivity contribution in [2.45, 2.75) is 224 Å². The van der Waals surface area contributed by atoms with Gasteiger partial charge in [0, 0.05) is 63.1 Å². The van der Waals surface area contributed by atoms with Crippen LogP contribution in [0.1, 0.15) is 87.8 Å². The van der Waals surface area contributed by atoms with Gasteiger partial charge in [-0.2, -0.15) is 0 Å². The number of hydrogen-bond acceptors (Lipinski definition) is 16. The topological polar surface area (TPSA) is 168 Å². The zero-order valence-electron chi connectivity index (χ0n) is 54.8. The Morgan fingerprint density at radius 3 is 1.45 bits per heavy atom. The number of ether oxygens (including phenoxy) is 15. The van der Waals surface area contributed by atoms with Crippen molar-refractivity contribution in [3.05, 3.63) is 125 Å². The highest BCUT2D eigenvalue weighted by atomic mass is 28.3. The lowest BCUT2D eigenvalue weighted by atomic mass is 9.94. The van der Waals surface area contributed by atoms with Crippen LogP contribution in [0.4, 0.5) is 0 Å². The van der Waals surface area contributed by atoms with Crippen molar-refractivity contribution in [3.8, 4) is 17.2 Å². The van der Waals surface area contributed by atoms with Crippen LogP contribution in [0.25, 0.3) is 0 Å². The molecule has 3 fully saturated rings. The first-order chi connectivity index (χ1) is 42.2. The van der Waals surface area contributed by atoms with Gasteiger partial charge >= 0.3 is 0 Å². The van der Waals surface area contributed by atoms with Crippen molar-refractivity contribution in [1.29, 1.82) is 0 Å². The summed E-state index contributed by atoms with van der Waals surface area (Å²) < 4.78 is 97.8. The first-order valence-corrected chi connectivity index (χ1v) is 43.2. The van der Waals surface area contributed by atoms with Gasteiger partial charge in [-0.1, -0.05) is 165 Å². The van der Waals surface area contributed by atoms with Crippen LogP contribution in [0.2, 0.25) is 77.1 Å². The number of benzene rings is 4. The molecule has 490 valence electrons. The summed E-state index contributed by atoms with van der Waals surface area (Å²) in [5.74, 6) is 1.77. The smallest absolute Gasteiger partial charge is 0.217 e. The van der Waals surface area contributed by atoms with Gasteiger partial charge in [0.05, 0.1) is 32.5 Å². The van der Waals surface area contributed by atoms with E-state index in [9.17, 15) is 4.79 Å². The summed E-state index contributed by atoms with van der Waals surface area (Å²) in [5, 5.41) is 3.17. The van der Waals surface area contributed by atoms with Gasteiger partial charge in [-0.3, -0.25) is 4.79 Å². The van der Waals surface area contributed by atoms with E-state index in [4.69, 9.17) is 71.1 Å². The molecule has 0 saturated carbocycles. The zero-order valence-corrected chi connectivity index (χ0v) is 57.8. The molecule has 0 radical (unpaired) electrons. The molecule has 0 unspecified atom stereocenters. The Hall–Kier alpha value is -4.08.